The molecule has 0 aliphatic rings. The van der Waals surface area contributed by atoms with E-state index in [9.17, 15) is 10.2 Å². The summed E-state index contributed by atoms with van der Waals surface area (Å²) in [5.41, 5.74) is 4.88. The highest BCUT2D eigenvalue weighted by atomic mass is 16.3. The maximum absolute atomic E-state index is 9.54. The molecule has 0 aromatic heterocycles. The van der Waals surface area contributed by atoms with Crippen LogP contribution in [-0.2, 0) is 0 Å². The van der Waals surface area contributed by atoms with Crippen molar-refractivity contribution in [3.05, 3.63) is 65.2 Å². The van der Waals surface area contributed by atoms with Crippen molar-refractivity contribution in [2.24, 2.45) is 0 Å². The largest absolute Gasteiger partial charge is 0.508 e. The van der Waals surface area contributed by atoms with Gasteiger partial charge in [0.2, 0.25) is 0 Å². The Morgan fingerprint density at radius 3 is 1.36 bits per heavy atom. The minimum Gasteiger partial charge on any atom is -0.508 e. The fraction of sp³-hybridized carbons (Fsp3) is 0.300. The zero-order valence-corrected chi connectivity index (χ0v) is 13.3. The summed E-state index contributed by atoms with van der Waals surface area (Å²) in [6.45, 7) is 4.39. The maximum Gasteiger partial charge on any atom is 0.115 e. The Labute approximate surface area is 132 Å². The lowest BCUT2D eigenvalue weighted by molar-refractivity contribution is 0.475. The Morgan fingerprint density at radius 1 is 0.682 bits per heavy atom. The van der Waals surface area contributed by atoms with Crippen LogP contribution < -0.4 is 0 Å². The summed E-state index contributed by atoms with van der Waals surface area (Å²) in [5.74, 6) is 0.558. The van der Waals surface area contributed by atoms with Crippen molar-refractivity contribution in [1.82, 2.24) is 0 Å². The van der Waals surface area contributed by atoms with Crippen molar-refractivity contribution < 1.29 is 10.2 Å². The standard InChI is InChI=1S/C20H24O2/c1-3-5-15(6-4-2)20(16-7-11-18(21)12-8-16)17-9-13-19(22)14-10-17/h7-14,21-22H,3-6H2,1-2H3. The van der Waals surface area contributed by atoms with Gasteiger partial charge in [0.15, 0.2) is 0 Å². The van der Waals surface area contributed by atoms with E-state index in [-0.39, 0.29) is 11.5 Å². The Bertz CT molecular complexity index is 566. The molecule has 2 heteroatoms. The highest BCUT2D eigenvalue weighted by Crippen LogP contribution is 2.33. The molecular formula is C20H24O2. The third-order valence-electron chi connectivity index (χ3n) is 3.77. The average Bonchev–Trinajstić information content (AvgIpc) is 2.52. The number of phenols is 2. The first-order valence-electron chi connectivity index (χ1n) is 7.96. The summed E-state index contributed by atoms with van der Waals surface area (Å²) in [4.78, 5) is 0. The predicted octanol–water partition coefficient (Wildman–Crippen LogP) is 5.50. The highest BCUT2D eigenvalue weighted by Gasteiger charge is 2.11. The topological polar surface area (TPSA) is 40.5 Å². The van der Waals surface area contributed by atoms with E-state index in [2.05, 4.69) is 13.8 Å². The van der Waals surface area contributed by atoms with Crippen LogP contribution in [0.4, 0.5) is 0 Å². The number of rotatable bonds is 6. The second-order valence-electron chi connectivity index (χ2n) is 5.57. The van der Waals surface area contributed by atoms with Gasteiger partial charge >= 0.3 is 0 Å². The minimum atomic E-state index is 0.279. The van der Waals surface area contributed by atoms with Crippen LogP contribution in [0.1, 0.15) is 50.7 Å². The molecule has 0 aliphatic heterocycles. The molecule has 0 unspecified atom stereocenters. The van der Waals surface area contributed by atoms with Crippen molar-refractivity contribution in [2.75, 3.05) is 0 Å². The average molecular weight is 296 g/mol. The van der Waals surface area contributed by atoms with Crippen LogP contribution in [0.5, 0.6) is 11.5 Å². The van der Waals surface area contributed by atoms with E-state index in [1.54, 1.807) is 24.3 Å². The Balaban J connectivity index is 2.59. The van der Waals surface area contributed by atoms with Crippen molar-refractivity contribution in [3.63, 3.8) is 0 Å². The van der Waals surface area contributed by atoms with Gasteiger partial charge in [-0.2, -0.15) is 0 Å². The number of hydrogen-bond acceptors (Lipinski definition) is 2. The molecule has 0 saturated carbocycles. The van der Waals surface area contributed by atoms with Gasteiger partial charge < -0.3 is 10.2 Å². The molecule has 0 heterocycles. The van der Waals surface area contributed by atoms with Gasteiger partial charge in [0.1, 0.15) is 11.5 Å². The minimum absolute atomic E-state index is 0.279. The van der Waals surface area contributed by atoms with Gasteiger partial charge in [-0.25, -0.2) is 0 Å². The van der Waals surface area contributed by atoms with Crippen LogP contribution >= 0.6 is 0 Å². The van der Waals surface area contributed by atoms with Crippen molar-refractivity contribution in [3.8, 4) is 11.5 Å². The second-order valence-corrected chi connectivity index (χ2v) is 5.57. The first-order chi connectivity index (χ1) is 10.7. The molecule has 0 spiro atoms. The zero-order valence-electron chi connectivity index (χ0n) is 13.3. The molecule has 0 aliphatic carbocycles. The van der Waals surface area contributed by atoms with E-state index >= 15 is 0 Å². The van der Waals surface area contributed by atoms with Gasteiger partial charge in [0.05, 0.1) is 0 Å². The Hall–Kier alpha value is -2.22. The van der Waals surface area contributed by atoms with Gasteiger partial charge in [-0.15, -0.1) is 0 Å². The molecule has 2 nitrogen and oxygen atoms in total. The molecule has 0 radical (unpaired) electrons. The lowest BCUT2D eigenvalue weighted by Crippen LogP contribution is -1.95. The van der Waals surface area contributed by atoms with E-state index < -0.39 is 0 Å². The molecule has 2 N–H and O–H groups in total. The lowest BCUT2D eigenvalue weighted by atomic mass is 9.89. The number of allylic oxidation sites excluding steroid dienone is 1. The van der Waals surface area contributed by atoms with Gasteiger partial charge in [-0.3, -0.25) is 0 Å². The maximum atomic E-state index is 9.54. The van der Waals surface area contributed by atoms with E-state index in [0.29, 0.717) is 0 Å². The van der Waals surface area contributed by atoms with Crippen molar-refractivity contribution in [2.45, 2.75) is 39.5 Å². The molecule has 2 rings (SSSR count). The number of phenolic OH excluding ortho intramolecular Hbond substituents is 2. The van der Waals surface area contributed by atoms with Gasteiger partial charge in [0, 0.05) is 0 Å². The summed E-state index contributed by atoms with van der Waals surface area (Å²) in [5, 5.41) is 19.1. The van der Waals surface area contributed by atoms with Gasteiger partial charge in [-0.05, 0) is 53.8 Å². The van der Waals surface area contributed by atoms with Crippen LogP contribution in [0.3, 0.4) is 0 Å². The van der Waals surface area contributed by atoms with E-state index in [1.165, 1.54) is 11.1 Å². The fourth-order valence-corrected chi connectivity index (χ4v) is 2.81. The number of aromatic hydroxyl groups is 2. The van der Waals surface area contributed by atoms with Crippen LogP contribution in [0, 0.1) is 0 Å². The Morgan fingerprint density at radius 2 is 1.05 bits per heavy atom. The SMILES string of the molecule is CCCC(CCC)=C(c1ccc(O)cc1)c1ccc(O)cc1. The molecular weight excluding hydrogens is 272 g/mol. The number of benzene rings is 2. The van der Waals surface area contributed by atoms with Crippen LogP contribution in [0.15, 0.2) is 54.1 Å². The summed E-state index contributed by atoms with van der Waals surface area (Å²) in [7, 11) is 0. The monoisotopic (exact) mass is 296 g/mol. The smallest absolute Gasteiger partial charge is 0.115 e. The molecule has 2 aromatic carbocycles. The van der Waals surface area contributed by atoms with Crippen LogP contribution in [-0.4, -0.2) is 10.2 Å². The Kier molecular flexibility index (Phi) is 5.65. The third kappa shape index (κ3) is 3.91. The fourth-order valence-electron chi connectivity index (χ4n) is 2.81. The molecule has 2 aromatic rings. The molecule has 0 bridgehead atoms. The number of hydrogen-bond donors (Lipinski definition) is 2. The first kappa shape index (κ1) is 16.2. The van der Waals surface area contributed by atoms with Crippen molar-refractivity contribution >= 4 is 5.57 Å². The van der Waals surface area contributed by atoms with Crippen LogP contribution in [0.25, 0.3) is 5.57 Å². The van der Waals surface area contributed by atoms with Crippen LogP contribution in [0.2, 0.25) is 0 Å². The molecule has 0 amide bonds. The summed E-state index contributed by atoms with van der Waals surface area (Å²) < 4.78 is 0. The third-order valence-corrected chi connectivity index (χ3v) is 3.77. The van der Waals surface area contributed by atoms with Gasteiger partial charge in [-0.1, -0.05) is 56.5 Å². The predicted molar refractivity (Wildman–Crippen MR) is 92.1 cm³/mol. The first-order valence-corrected chi connectivity index (χ1v) is 7.96. The summed E-state index contributed by atoms with van der Waals surface area (Å²) in [6, 6.07) is 14.8. The van der Waals surface area contributed by atoms with Gasteiger partial charge in [0.25, 0.3) is 0 Å². The quantitative estimate of drug-likeness (QED) is 0.739. The molecule has 22 heavy (non-hydrogen) atoms. The van der Waals surface area contributed by atoms with E-state index in [1.807, 2.05) is 24.3 Å². The van der Waals surface area contributed by atoms with Crippen molar-refractivity contribution in [1.29, 1.82) is 0 Å². The second kappa shape index (κ2) is 7.69. The normalized spacial score (nSPS) is 10.5. The molecule has 0 atom stereocenters. The summed E-state index contributed by atoms with van der Waals surface area (Å²) >= 11 is 0. The summed E-state index contributed by atoms with van der Waals surface area (Å²) in [6.07, 6.45) is 4.33. The molecule has 116 valence electrons. The van der Waals surface area contributed by atoms with E-state index in [0.717, 1.165) is 36.8 Å². The molecule has 0 fully saturated rings. The lowest BCUT2D eigenvalue weighted by Gasteiger charge is -2.16. The highest BCUT2D eigenvalue weighted by molar-refractivity contribution is 5.82. The van der Waals surface area contributed by atoms with E-state index in [4.69, 9.17) is 0 Å². The zero-order chi connectivity index (χ0) is 15.9. The molecule has 0 saturated heterocycles.